The Morgan fingerprint density at radius 3 is 2.44 bits per heavy atom. The Kier molecular flexibility index (Phi) is 7.94. The molecule has 0 aliphatic rings. The summed E-state index contributed by atoms with van der Waals surface area (Å²) in [4.78, 5) is 0. The lowest BCUT2D eigenvalue weighted by atomic mass is 10.2. The van der Waals surface area contributed by atoms with Gasteiger partial charge in [-0.05, 0) is 42.2 Å². The van der Waals surface area contributed by atoms with Crippen molar-refractivity contribution >= 4 is 17.4 Å². The summed E-state index contributed by atoms with van der Waals surface area (Å²) in [6, 6.07) is 8.71. The van der Waals surface area contributed by atoms with Crippen LogP contribution < -0.4 is 5.32 Å². The maximum atomic E-state index is 8.68. The Labute approximate surface area is 115 Å². The van der Waals surface area contributed by atoms with Crippen LogP contribution in [0.2, 0.25) is 0 Å². The van der Waals surface area contributed by atoms with Crippen molar-refractivity contribution in [3.8, 4) is 0 Å². The number of anilines is 1. The minimum absolute atomic E-state index is 0.308. The fourth-order valence-corrected chi connectivity index (χ4v) is 2.35. The molecule has 1 aromatic rings. The Morgan fingerprint density at radius 2 is 1.83 bits per heavy atom. The molecule has 3 heteroatoms. The predicted molar refractivity (Wildman–Crippen MR) is 82.3 cm³/mol. The topological polar surface area (TPSA) is 32.3 Å². The molecule has 0 heterocycles. The van der Waals surface area contributed by atoms with Crippen molar-refractivity contribution in [3.63, 3.8) is 0 Å². The van der Waals surface area contributed by atoms with E-state index in [0.717, 1.165) is 31.6 Å². The van der Waals surface area contributed by atoms with Crippen LogP contribution >= 0.6 is 11.8 Å². The minimum Gasteiger partial charge on any atom is -0.396 e. The number of unbranched alkanes of at least 4 members (excludes halogenated alkanes) is 2. The standard InChI is InChI=1S/C15H25NOS/c1-13(2)18-12-14-6-8-15(9-7-14)16-10-4-3-5-11-17/h6-9,13,16-17H,3-5,10-12H2,1-2H3. The van der Waals surface area contributed by atoms with Crippen molar-refractivity contribution in [2.24, 2.45) is 0 Å². The van der Waals surface area contributed by atoms with Gasteiger partial charge in [0.1, 0.15) is 0 Å². The number of aliphatic hydroxyl groups is 1. The second-order valence-corrected chi connectivity index (χ2v) is 6.33. The van der Waals surface area contributed by atoms with Crippen molar-refractivity contribution in [3.05, 3.63) is 29.8 Å². The third-order valence-corrected chi connectivity index (χ3v) is 3.87. The molecular formula is C15H25NOS. The zero-order valence-corrected chi connectivity index (χ0v) is 12.3. The molecule has 0 unspecified atom stereocenters. The molecule has 0 aliphatic heterocycles. The molecule has 102 valence electrons. The normalized spacial score (nSPS) is 10.9. The van der Waals surface area contributed by atoms with Gasteiger partial charge in [0.05, 0.1) is 0 Å². The van der Waals surface area contributed by atoms with Crippen molar-refractivity contribution in [1.29, 1.82) is 0 Å². The van der Waals surface area contributed by atoms with Gasteiger partial charge in [-0.3, -0.25) is 0 Å². The van der Waals surface area contributed by atoms with Gasteiger partial charge in [0, 0.05) is 24.6 Å². The fourth-order valence-electron chi connectivity index (χ4n) is 1.63. The summed E-state index contributed by atoms with van der Waals surface area (Å²) in [6.07, 6.45) is 3.12. The van der Waals surface area contributed by atoms with Gasteiger partial charge >= 0.3 is 0 Å². The van der Waals surface area contributed by atoms with E-state index in [1.54, 1.807) is 0 Å². The number of thioether (sulfide) groups is 1. The lowest BCUT2D eigenvalue weighted by Crippen LogP contribution is -2.01. The van der Waals surface area contributed by atoms with E-state index in [9.17, 15) is 0 Å². The summed E-state index contributed by atoms with van der Waals surface area (Å²) in [6.45, 7) is 5.75. The SMILES string of the molecule is CC(C)SCc1ccc(NCCCCCO)cc1. The summed E-state index contributed by atoms with van der Waals surface area (Å²) < 4.78 is 0. The molecule has 1 aromatic carbocycles. The molecule has 2 N–H and O–H groups in total. The third kappa shape index (κ3) is 6.92. The number of rotatable bonds is 9. The van der Waals surface area contributed by atoms with Crippen LogP contribution in [-0.4, -0.2) is 23.5 Å². The second-order valence-electron chi connectivity index (χ2n) is 4.77. The molecule has 2 nitrogen and oxygen atoms in total. The maximum Gasteiger partial charge on any atom is 0.0431 e. The molecule has 0 atom stereocenters. The molecule has 0 bridgehead atoms. The molecule has 0 amide bonds. The summed E-state index contributed by atoms with van der Waals surface area (Å²) >= 11 is 1.97. The molecule has 0 spiro atoms. The van der Waals surface area contributed by atoms with Gasteiger partial charge in [0.25, 0.3) is 0 Å². The van der Waals surface area contributed by atoms with Gasteiger partial charge in [-0.25, -0.2) is 0 Å². The van der Waals surface area contributed by atoms with E-state index in [2.05, 4.69) is 43.4 Å². The van der Waals surface area contributed by atoms with E-state index in [4.69, 9.17) is 5.11 Å². The predicted octanol–water partition coefficient (Wildman–Crippen LogP) is 3.90. The van der Waals surface area contributed by atoms with Crippen molar-refractivity contribution in [2.45, 2.75) is 44.1 Å². The first-order valence-corrected chi connectivity index (χ1v) is 7.82. The average Bonchev–Trinajstić information content (AvgIpc) is 2.37. The molecule has 0 aliphatic carbocycles. The number of nitrogens with one attached hydrogen (secondary N) is 1. The fraction of sp³-hybridized carbons (Fsp3) is 0.600. The largest absolute Gasteiger partial charge is 0.396 e. The van der Waals surface area contributed by atoms with Gasteiger partial charge in [-0.15, -0.1) is 0 Å². The van der Waals surface area contributed by atoms with Crippen LogP contribution in [0.15, 0.2) is 24.3 Å². The smallest absolute Gasteiger partial charge is 0.0431 e. The first-order valence-electron chi connectivity index (χ1n) is 6.77. The first kappa shape index (κ1) is 15.4. The van der Waals surface area contributed by atoms with E-state index >= 15 is 0 Å². The van der Waals surface area contributed by atoms with Gasteiger partial charge in [0.2, 0.25) is 0 Å². The maximum absolute atomic E-state index is 8.68. The lowest BCUT2D eigenvalue weighted by Gasteiger charge is -2.08. The summed E-state index contributed by atoms with van der Waals surface area (Å²) in [5.41, 5.74) is 2.58. The van der Waals surface area contributed by atoms with Crippen LogP contribution in [0.4, 0.5) is 5.69 Å². The Balaban J connectivity index is 2.23. The van der Waals surface area contributed by atoms with E-state index in [0.29, 0.717) is 11.9 Å². The van der Waals surface area contributed by atoms with Crippen LogP contribution in [0.25, 0.3) is 0 Å². The molecule has 0 fully saturated rings. The van der Waals surface area contributed by atoms with Gasteiger partial charge in [-0.2, -0.15) is 11.8 Å². The van der Waals surface area contributed by atoms with Gasteiger partial charge in [0.15, 0.2) is 0 Å². The highest BCUT2D eigenvalue weighted by atomic mass is 32.2. The van der Waals surface area contributed by atoms with Crippen molar-refractivity contribution in [1.82, 2.24) is 0 Å². The Morgan fingerprint density at radius 1 is 1.11 bits per heavy atom. The minimum atomic E-state index is 0.308. The van der Waals surface area contributed by atoms with Gasteiger partial charge < -0.3 is 10.4 Å². The molecule has 0 aromatic heterocycles. The van der Waals surface area contributed by atoms with E-state index < -0.39 is 0 Å². The van der Waals surface area contributed by atoms with Crippen LogP contribution in [0.5, 0.6) is 0 Å². The first-order chi connectivity index (χ1) is 8.72. The van der Waals surface area contributed by atoms with Crippen molar-refractivity contribution in [2.75, 3.05) is 18.5 Å². The molecule has 0 saturated carbocycles. The van der Waals surface area contributed by atoms with Crippen LogP contribution in [0.3, 0.4) is 0 Å². The summed E-state index contributed by atoms with van der Waals surface area (Å²) in [5.74, 6) is 1.09. The number of hydrogen-bond acceptors (Lipinski definition) is 3. The molecule has 0 saturated heterocycles. The highest BCUT2D eigenvalue weighted by Crippen LogP contribution is 2.18. The zero-order chi connectivity index (χ0) is 13.2. The lowest BCUT2D eigenvalue weighted by molar-refractivity contribution is 0.283. The quantitative estimate of drug-likeness (QED) is 0.666. The van der Waals surface area contributed by atoms with Crippen LogP contribution in [0, 0.1) is 0 Å². The molecule has 0 radical (unpaired) electrons. The number of hydrogen-bond donors (Lipinski definition) is 2. The average molecular weight is 267 g/mol. The van der Waals surface area contributed by atoms with Crippen LogP contribution in [-0.2, 0) is 5.75 Å². The van der Waals surface area contributed by atoms with Crippen LogP contribution in [0.1, 0.15) is 38.7 Å². The highest BCUT2D eigenvalue weighted by molar-refractivity contribution is 7.99. The Hall–Kier alpha value is -0.670. The van der Waals surface area contributed by atoms with E-state index in [1.165, 1.54) is 11.3 Å². The summed E-state index contributed by atoms with van der Waals surface area (Å²) in [5, 5.41) is 12.8. The van der Waals surface area contributed by atoms with Crippen molar-refractivity contribution < 1.29 is 5.11 Å². The highest BCUT2D eigenvalue weighted by Gasteiger charge is 1.97. The summed E-state index contributed by atoms with van der Waals surface area (Å²) in [7, 11) is 0. The zero-order valence-electron chi connectivity index (χ0n) is 11.5. The number of benzene rings is 1. The van der Waals surface area contributed by atoms with E-state index in [1.807, 2.05) is 11.8 Å². The molecular weight excluding hydrogens is 242 g/mol. The monoisotopic (exact) mass is 267 g/mol. The van der Waals surface area contributed by atoms with E-state index in [-0.39, 0.29) is 0 Å². The second kappa shape index (κ2) is 9.29. The third-order valence-electron chi connectivity index (χ3n) is 2.70. The molecule has 1 rings (SSSR count). The Bertz CT molecular complexity index is 311. The molecule has 18 heavy (non-hydrogen) atoms. The van der Waals surface area contributed by atoms with Gasteiger partial charge in [-0.1, -0.05) is 26.0 Å². The number of aliphatic hydroxyl groups excluding tert-OH is 1.